The average Bonchev–Trinajstić information content (AvgIpc) is 3.57. The number of benzene rings is 2. The lowest BCUT2D eigenvalue weighted by Gasteiger charge is -2.41. The van der Waals surface area contributed by atoms with Crippen LogP contribution in [0.5, 0.6) is 0 Å². The molecule has 1 saturated heterocycles. The van der Waals surface area contributed by atoms with E-state index in [-0.39, 0.29) is 30.3 Å². The van der Waals surface area contributed by atoms with Crippen molar-refractivity contribution in [2.45, 2.75) is 56.3 Å². The molecule has 3 N–H and O–H groups in total. The molecule has 0 bridgehead atoms. The molecule has 6 rings (SSSR count). The first-order valence-electron chi connectivity index (χ1n) is 14.5. The molecule has 0 radical (unpaired) electrons. The van der Waals surface area contributed by atoms with Gasteiger partial charge in [0.2, 0.25) is 0 Å². The van der Waals surface area contributed by atoms with Crippen LogP contribution in [-0.4, -0.2) is 80.0 Å². The molecule has 2 fully saturated rings. The number of carbonyl (C=O) groups excluding carboxylic acids is 1. The summed E-state index contributed by atoms with van der Waals surface area (Å²) in [5.41, 5.74) is 2.48. The lowest BCUT2D eigenvalue weighted by atomic mass is 9.80. The molecule has 10 nitrogen and oxygen atoms in total. The third-order valence-electron chi connectivity index (χ3n) is 8.71. The second-order valence-electron chi connectivity index (χ2n) is 11.3. The van der Waals surface area contributed by atoms with E-state index in [0.717, 1.165) is 41.6 Å². The quantitative estimate of drug-likeness (QED) is 0.306. The molecular weight excluding hydrogens is 520 g/mol. The van der Waals surface area contributed by atoms with Gasteiger partial charge in [-0.15, -0.1) is 0 Å². The number of carbonyl (C=O) groups is 1. The number of amides is 1. The SMILES string of the molecule is COC[C@]1(O)CCCC[C@H]1n1cnc(C(=O)N2CCNC[C@H]2CCn2c(=O)[nH]c3ccccc32)c1-c1ccccc1. The summed E-state index contributed by atoms with van der Waals surface area (Å²) < 4.78 is 9.20. The van der Waals surface area contributed by atoms with E-state index >= 15 is 0 Å². The molecule has 3 atom stereocenters. The molecule has 2 aromatic heterocycles. The summed E-state index contributed by atoms with van der Waals surface area (Å²) in [7, 11) is 1.61. The Labute approximate surface area is 239 Å². The number of nitrogens with one attached hydrogen (secondary N) is 2. The van der Waals surface area contributed by atoms with E-state index in [0.29, 0.717) is 44.7 Å². The number of H-pyrrole nitrogens is 1. The van der Waals surface area contributed by atoms with E-state index in [1.165, 1.54) is 0 Å². The first kappa shape index (κ1) is 27.4. The van der Waals surface area contributed by atoms with Gasteiger partial charge in [0.05, 0.1) is 35.7 Å². The molecule has 1 aliphatic carbocycles. The number of aromatic amines is 1. The number of imidazole rings is 2. The number of hydrogen-bond acceptors (Lipinski definition) is 6. The predicted molar refractivity (Wildman–Crippen MR) is 157 cm³/mol. The number of aromatic nitrogens is 4. The minimum Gasteiger partial charge on any atom is -0.385 e. The summed E-state index contributed by atoms with van der Waals surface area (Å²) in [5.74, 6) is -0.133. The molecule has 41 heavy (non-hydrogen) atoms. The standard InChI is InChI=1S/C31H38N6O4/c1-41-20-31(40)15-8-7-13-26(31)37-21-33-27(28(37)22-9-3-2-4-10-22)29(38)35-18-16-32-19-23(35)14-17-36-25-12-6-5-11-24(25)34-30(36)39/h2-6,9-12,21,23,26,32,40H,7-8,13-20H2,1H3,(H,34,39)/t23-,26-,31-/m1/s1. The van der Waals surface area contributed by atoms with Crippen molar-refractivity contribution in [2.75, 3.05) is 33.4 Å². The van der Waals surface area contributed by atoms with Crippen LogP contribution < -0.4 is 11.0 Å². The van der Waals surface area contributed by atoms with Gasteiger partial charge in [-0.1, -0.05) is 55.3 Å². The number of piperazine rings is 1. The number of fused-ring (bicyclic) bond motifs is 1. The monoisotopic (exact) mass is 558 g/mol. The fraction of sp³-hybridized carbons (Fsp3) is 0.452. The van der Waals surface area contributed by atoms with Gasteiger partial charge in [0.25, 0.3) is 5.91 Å². The zero-order chi connectivity index (χ0) is 28.4. The number of rotatable bonds is 8. The molecule has 1 saturated carbocycles. The number of aliphatic hydroxyl groups is 1. The van der Waals surface area contributed by atoms with Gasteiger partial charge in [0.1, 0.15) is 5.60 Å². The van der Waals surface area contributed by atoms with Gasteiger partial charge in [-0.2, -0.15) is 0 Å². The number of para-hydroxylation sites is 2. The van der Waals surface area contributed by atoms with Gasteiger partial charge in [-0.3, -0.25) is 9.36 Å². The highest BCUT2D eigenvalue weighted by Gasteiger charge is 2.42. The van der Waals surface area contributed by atoms with Crippen LogP contribution in [0.25, 0.3) is 22.3 Å². The van der Waals surface area contributed by atoms with Crippen molar-refractivity contribution in [2.24, 2.45) is 0 Å². The molecule has 1 aliphatic heterocycles. The highest BCUT2D eigenvalue weighted by molar-refractivity contribution is 5.98. The molecule has 3 heterocycles. The smallest absolute Gasteiger partial charge is 0.326 e. The minimum absolute atomic E-state index is 0.106. The first-order chi connectivity index (χ1) is 20.0. The average molecular weight is 559 g/mol. The fourth-order valence-corrected chi connectivity index (χ4v) is 6.69. The van der Waals surface area contributed by atoms with Crippen LogP contribution in [0.4, 0.5) is 0 Å². The number of methoxy groups -OCH3 is 1. The number of aryl methyl sites for hydroxylation is 1. The molecule has 2 aromatic carbocycles. The van der Waals surface area contributed by atoms with Gasteiger partial charge < -0.3 is 29.6 Å². The van der Waals surface area contributed by atoms with Crippen molar-refractivity contribution in [3.05, 3.63) is 77.1 Å². The van der Waals surface area contributed by atoms with Crippen molar-refractivity contribution in [3.8, 4) is 11.3 Å². The Morgan fingerprint density at radius 2 is 1.95 bits per heavy atom. The second-order valence-corrected chi connectivity index (χ2v) is 11.3. The van der Waals surface area contributed by atoms with Crippen molar-refractivity contribution >= 4 is 16.9 Å². The normalized spacial score (nSPS) is 23.2. The molecule has 10 heteroatoms. The van der Waals surface area contributed by atoms with Crippen molar-refractivity contribution < 1.29 is 14.6 Å². The summed E-state index contributed by atoms with van der Waals surface area (Å²) in [6.07, 6.45) is 5.67. The zero-order valence-electron chi connectivity index (χ0n) is 23.5. The number of hydrogen-bond donors (Lipinski definition) is 3. The predicted octanol–water partition coefficient (Wildman–Crippen LogP) is 3.19. The van der Waals surface area contributed by atoms with Crippen LogP contribution in [0.2, 0.25) is 0 Å². The molecule has 0 unspecified atom stereocenters. The Hall–Kier alpha value is -3.73. The summed E-state index contributed by atoms with van der Waals surface area (Å²) in [4.78, 5) is 36.5. The molecule has 0 spiro atoms. The van der Waals surface area contributed by atoms with Crippen LogP contribution in [0.3, 0.4) is 0 Å². The van der Waals surface area contributed by atoms with E-state index in [4.69, 9.17) is 9.72 Å². The van der Waals surface area contributed by atoms with Crippen molar-refractivity contribution in [1.29, 1.82) is 0 Å². The van der Waals surface area contributed by atoms with Gasteiger partial charge in [0, 0.05) is 44.9 Å². The van der Waals surface area contributed by atoms with E-state index in [1.54, 1.807) is 18.0 Å². The van der Waals surface area contributed by atoms with Gasteiger partial charge in [0.15, 0.2) is 5.69 Å². The molecule has 2 aliphatic rings. The van der Waals surface area contributed by atoms with Crippen molar-refractivity contribution in [3.63, 3.8) is 0 Å². The van der Waals surface area contributed by atoms with Crippen LogP contribution in [0, 0.1) is 0 Å². The summed E-state index contributed by atoms with van der Waals surface area (Å²) >= 11 is 0. The van der Waals surface area contributed by atoms with Crippen molar-refractivity contribution in [1.82, 2.24) is 29.3 Å². The number of ether oxygens (including phenoxy) is 1. The third-order valence-corrected chi connectivity index (χ3v) is 8.71. The van der Waals surface area contributed by atoms with E-state index < -0.39 is 5.60 Å². The highest BCUT2D eigenvalue weighted by atomic mass is 16.5. The molecule has 1 amide bonds. The molecular formula is C31H38N6O4. The Morgan fingerprint density at radius 3 is 2.78 bits per heavy atom. The Balaban J connectivity index is 1.33. The lowest BCUT2D eigenvalue weighted by molar-refractivity contribution is -0.0893. The Kier molecular flexibility index (Phi) is 7.79. The van der Waals surface area contributed by atoms with Crippen LogP contribution >= 0.6 is 0 Å². The first-order valence-corrected chi connectivity index (χ1v) is 14.5. The maximum absolute atomic E-state index is 14.3. The second kappa shape index (κ2) is 11.6. The minimum atomic E-state index is -1.04. The molecule has 4 aromatic rings. The topological polar surface area (TPSA) is 117 Å². The Bertz CT molecular complexity index is 1560. The highest BCUT2D eigenvalue weighted by Crippen LogP contribution is 2.41. The molecule has 216 valence electrons. The van der Waals surface area contributed by atoms with Gasteiger partial charge in [-0.05, 0) is 31.4 Å². The van der Waals surface area contributed by atoms with E-state index in [9.17, 15) is 14.7 Å². The van der Waals surface area contributed by atoms with Crippen LogP contribution in [0.15, 0.2) is 65.7 Å². The number of nitrogens with zero attached hydrogens (tertiary/aromatic N) is 4. The zero-order valence-corrected chi connectivity index (χ0v) is 23.5. The van der Waals surface area contributed by atoms with Crippen LogP contribution in [-0.2, 0) is 11.3 Å². The van der Waals surface area contributed by atoms with Gasteiger partial charge in [-0.25, -0.2) is 9.78 Å². The maximum atomic E-state index is 14.3. The summed E-state index contributed by atoms with van der Waals surface area (Å²) in [5, 5.41) is 15.1. The lowest BCUT2D eigenvalue weighted by Crippen LogP contribution is -2.54. The summed E-state index contributed by atoms with van der Waals surface area (Å²) in [6.45, 7) is 2.59. The third kappa shape index (κ3) is 5.23. The summed E-state index contributed by atoms with van der Waals surface area (Å²) in [6, 6.07) is 17.1. The Morgan fingerprint density at radius 1 is 1.15 bits per heavy atom. The maximum Gasteiger partial charge on any atom is 0.326 e. The van der Waals surface area contributed by atoms with E-state index in [2.05, 4.69) is 10.3 Å². The van der Waals surface area contributed by atoms with Crippen LogP contribution in [0.1, 0.15) is 48.6 Å². The fourth-order valence-electron chi connectivity index (χ4n) is 6.69. The largest absolute Gasteiger partial charge is 0.385 e. The van der Waals surface area contributed by atoms with Gasteiger partial charge >= 0.3 is 5.69 Å². The van der Waals surface area contributed by atoms with E-state index in [1.807, 2.05) is 64.1 Å².